The molecular weight excluding hydrogens is 456 g/mol. The Bertz CT molecular complexity index is 1260. The number of carbonyl (C=O) groups excluding carboxylic acids is 2. The van der Waals surface area contributed by atoms with Crippen LogP contribution in [0.3, 0.4) is 0 Å². The fraction of sp³-hybridized carbons (Fsp3) is 0.207. The second-order valence-corrected chi connectivity index (χ2v) is 8.23. The monoisotopic (exact) mass is 484 g/mol. The molecule has 1 N–H and O–H groups in total. The van der Waals surface area contributed by atoms with Gasteiger partial charge in [-0.2, -0.15) is 5.26 Å². The first kappa shape index (κ1) is 26.0. The van der Waals surface area contributed by atoms with Crippen molar-refractivity contribution in [2.45, 2.75) is 26.3 Å². The van der Waals surface area contributed by atoms with Crippen LogP contribution in [-0.4, -0.2) is 25.6 Å². The number of amides is 1. The second kappa shape index (κ2) is 12.8. The van der Waals surface area contributed by atoms with Gasteiger partial charge in [-0.05, 0) is 52.9 Å². The van der Waals surface area contributed by atoms with Crippen molar-refractivity contribution in [3.05, 3.63) is 95.1 Å². The molecule has 0 aliphatic heterocycles. The topological polar surface area (TPSA) is 97.6 Å². The van der Waals surface area contributed by atoms with E-state index >= 15 is 0 Å². The lowest BCUT2D eigenvalue weighted by Crippen LogP contribution is -2.23. The molecule has 1 amide bonds. The van der Waals surface area contributed by atoms with Crippen LogP contribution >= 0.6 is 0 Å². The van der Waals surface area contributed by atoms with Gasteiger partial charge >= 0.3 is 5.97 Å². The van der Waals surface area contributed by atoms with E-state index in [4.69, 9.17) is 14.2 Å². The van der Waals surface area contributed by atoms with E-state index in [-0.39, 0.29) is 23.7 Å². The van der Waals surface area contributed by atoms with Crippen LogP contribution in [0.4, 0.5) is 0 Å². The second-order valence-electron chi connectivity index (χ2n) is 8.23. The van der Waals surface area contributed by atoms with Crippen molar-refractivity contribution in [2.75, 3.05) is 13.7 Å². The summed E-state index contributed by atoms with van der Waals surface area (Å²) in [5.74, 6) is 0.364. The van der Waals surface area contributed by atoms with Crippen molar-refractivity contribution in [1.82, 2.24) is 5.32 Å². The first-order chi connectivity index (χ1) is 17.4. The molecule has 0 atom stereocenters. The Balaban J connectivity index is 1.61. The summed E-state index contributed by atoms with van der Waals surface area (Å²) in [6.07, 6.45) is 1.44. The number of nitriles is 1. The summed E-state index contributed by atoms with van der Waals surface area (Å²) in [7, 11) is 1.44. The highest BCUT2D eigenvalue weighted by atomic mass is 16.6. The molecule has 0 unspecified atom stereocenters. The largest absolute Gasteiger partial charge is 0.493 e. The summed E-state index contributed by atoms with van der Waals surface area (Å²) in [6.45, 7) is 4.24. The molecule has 3 aromatic carbocycles. The summed E-state index contributed by atoms with van der Waals surface area (Å²) < 4.78 is 16.2. The molecule has 0 spiro atoms. The number of hydrogen-bond acceptors (Lipinski definition) is 6. The third-order valence-corrected chi connectivity index (χ3v) is 5.29. The van der Waals surface area contributed by atoms with E-state index in [1.807, 2.05) is 60.7 Å². The van der Waals surface area contributed by atoms with E-state index in [9.17, 15) is 14.9 Å². The molecule has 0 aliphatic carbocycles. The lowest BCUT2D eigenvalue weighted by atomic mass is 10.0. The summed E-state index contributed by atoms with van der Waals surface area (Å²) in [5.41, 5.74) is 2.58. The van der Waals surface area contributed by atoms with Crippen molar-refractivity contribution in [1.29, 1.82) is 5.26 Å². The van der Waals surface area contributed by atoms with Crippen molar-refractivity contribution in [3.63, 3.8) is 0 Å². The van der Waals surface area contributed by atoms with Gasteiger partial charge in [0.2, 0.25) is 0 Å². The van der Waals surface area contributed by atoms with E-state index in [0.717, 1.165) is 5.56 Å². The Labute approximate surface area is 210 Å². The van der Waals surface area contributed by atoms with Crippen molar-refractivity contribution >= 4 is 18.0 Å². The van der Waals surface area contributed by atoms with E-state index in [1.165, 1.54) is 24.8 Å². The molecule has 0 aromatic heterocycles. The third-order valence-electron chi connectivity index (χ3n) is 5.29. The van der Waals surface area contributed by atoms with Gasteiger partial charge in [0.05, 0.1) is 7.11 Å². The minimum Gasteiger partial charge on any atom is -0.493 e. The van der Waals surface area contributed by atoms with E-state index in [0.29, 0.717) is 23.8 Å². The summed E-state index contributed by atoms with van der Waals surface area (Å²) in [4.78, 5) is 24.7. The van der Waals surface area contributed by atoms with Gasteiger partial charge in [-0.1, -0.05) is 62.4 Å². The zero-order valence-electron chi connectivity index (χ0n) is 20.5. The fourth-order valence-corrected chi connectivity index (χ4v) is 3.29. The average Bonchev–Trinajstić information content (AvgIpc) is 2.90. The lowest BCUT2D eigenvalue weighted by molar-refractivity contribution is -0.136. The molecule has 3 aromatic rings. The van der Waals surface area contributed by atoms with Gasteiger partial charge in [-0.25, -0.2) is 4.79 Å². The van der Waals surface area contributed by atoms with Crippen LogP contribution in [0, 0.1) is 11.3 Å². The molecular formula is C29H28N2O5. The van der Waals surface area contributed by atoms with E-state index in [1.54, 1.807) is 12.1 Å². The van der Waals surface area contributed by atoms with Crippen LogP contribution in [0.25, 0.3) is 6.08 Å². The minimum atomic E-state index is -0.595. The SMILES string of the molecule is COc1cc(/C=C(\C#N)C(=O)NCc2ccccc2)ccc1OC(=O)COc1ccc(C(C)C)cc1. The fourth-order valence-electron chi connectivity index (χ4n) is 3.29. The van der Waals surface area contributed by atoms with Crippen LogP contribution in [0.2, 0.25) is 0 Å². The zero-order valence-corrected chi connectivity index (χ0v) is 20.5. The first-order valence-corrected chi connectivity index (χ1v) is 11.4. The van der Waals surface area contributed by atoms with Crippen molar-refractivity contribution in [3.8, 4) is 23.3 Å². The Morgan fingerprint density at radius 1 is 1.00 bits per heavy atom. The van der Waals surface area contributed by atoms with Crippen LogP contribution in [0.1, 0.15) is 36.5 Å². The molecule has 184 valence electrons. The third kappa shape index (κ3) is 7.47. The maximum absolute atomic E-state index is 12.4. The summed E-state index contributed by atoms with van der Waals surface area (Å²) in [5, 5.41) is 12.2. The Kier molecular flexibility index (Phi) is 9.24. The summed E-state index contributed by atoms with van der Waals surface area (Å²) >= 11 is 0. The smallest absolute Gasteiger partial charge is 0.349 e. The summed E-state index contributed by atoms with van der Waals surface area (Å²) in [6, 6.07) is 23.6. The molecule has 36 heavy (non-hydrogen) atoms. The molecule has 0 aliphatic rings. The molecule has 7 nitrogen and oxygen atoms in total. The number of nitrogens with one attached hydrogen (secondary N) is 1. The van der Waals surface area contributed by atoms with Crippen LogP contribution in [-0.2, 0) is 16.1 Å². The Morgan fingerprint density at radius 3 is 2.36 bits per heavy atom. The van der Waals surface area contributed by atoms with Gasteiger partial charge in [0.15, 0.2) is 18.1 Å². The molecule has 0 saturated heterocycles. The van der Waals surface area contributed by atoms with E-state index in [2.05, 4.69) is 19.2 Å². The predicted octanol–water partition coefficient (Wildman–Crippen LogP) is 5.03. The van der Waals surface area contributed by atoms with Gasteiger partial charge in [0.25, 0.3) is 5.91 Å². The quantitative estimate of drug-likeness (QED) is 0.188. The van der Waals surface area contributed by atoms with Crippen LogP contribution < -0.4 is 19.5 Å². The number of hydrogen-bond donors (Lipinski definition) is 1. The molecule has 3 rings (SSSR count). The average molecular weight is 485 g/mol. The number of rotatable bonds is 10. The highest BCUT2D eigenvalue weighted by Crippen LogP contribution is 2.29. The first-order valence-electron chi connectivity index (χ1n) is 11.4. The lowest BCUT2D eigenvalue weighted by Gasteiger charge is -2.11. The van der Waals surface area contributed by atoms with E-state index < -0.39 is 11.9 Å². The van der Waals surface area contributed by atoms with Crippen molar-refractivity contribution in [2.24, 2.45) is 0 Å². The molecule has 7 heteroatoms. The van der Waals surface area contributed by atoms with Gasteiger partial charge in [0, 0.05) is 6.54 Å². The van der Waals surface area contributed by atoms with Gasteiger partial charge in [0.1, 0.15) is 17.4 Å². The maximum atomic E-state index is 12.4. The molecule has 0 saturated carbocycles. The number of esters is 1. The standard InChI is InChI=1S/C29H28N2O5/c1-20(2)23-10-12-25(13-11-23)35-19-28(32)36-26-14-9-22(16-27(26)34-3)15-24(17-30)29(33)31-18-21-7-5-4-6-8-21/h4-16,20H,18-19H2,1-3H3,(H,31,33)/b24-15+. The molecule has 0 bridgehead atoms. The Morgan fingerprint density at radius 2 is 1.72 bits per heavy atom. The minimum absolute atomic E-state index is 0.0605. The van der Waals surface area contributed by atoms with Crippen molar-refractivity contribution < 1.29 is 23.8 Å². The Hall–Kier alpha value is -4.57. The van der Waals surface area contributed by atoms with Gasteiger partial charge in [-0.15, -0.1) is 0 Å². The maximum Gasteiger partial charge on any atom is 0.349 e. The number of benzene rings is 3. The molecule has 0 fully saturated rings. The number of methoxy groups -OCH3 is 1. The molecule has 0 heterocycles. The van der Waals surface area contributed by atoms with Crippen LogP contribution in [0.5, 0.6) is 17.2 Å². The number of carbonyl (C=O) groups is 2. The normalized spacial score (nSPS) is 10.9. The number of ether oxygens (including phenoxy) is 3. The highest BCUT2D eigenvalue weighted by molar-refractivity contribution is 6.01. The zero-order chi connectivity index (χ0) is 25.9. The highest BCUT2D eigenvalue weighted by Gasteiger charge is 2.14. The van der Waals surface area contributed by atoms with Crippen LogP contribution in [0.15, 0.2) is 78.4 Å². The molecule has 0 radical (unpaired) electrons. The number of nitrogens with zero attached hydrogens (tertiary/aromatic N) is 1. The van der Waals surface area contributed by atoms with Gasteiger partial charge < -0.3 is 19.5 Å². The van der Waals surface area contributed by atoms with Gasteiger partial charge in [-0.3, -0.25) is 4.79 Å². The predicted molar refractivity (Wildman–Crippen MR) is 137 cm³/mol.